The molecule has 0 aliphatic carbocycles. The molecule has 0 bridgehead atoms. The summed E-state index contributed by atoms with van der Waals surface area (Å²) < 4.78 is 0. The average molecular weight is 176 g/mol. The molecule has 0 heterocycles. The van der Waals surface area contributed by atoms with Crippen LogP contribution in [0.15, 0.2) is 0 Å². The predicted molar refractivity (Wildman–Crippen MR) is 49.4 cm³/mol. The molecule has 2 unspecified atom stereocenters. The van der Waals surface area contributed by atoms with Crippen LogP contribution < -0.4 is 11.5 Å². The third kappa shape index (κ3) is 5.09. The van der Waals surface area contributed by atoms with Crippen LogP contribution >= 0.6 is 11.8 Å². The quantitative estimate of drug-likeness (QED) is 0.634. The van der Waals surface area contributed by atoms with Crippen molar-refractivity contribution in [1.82, 2.24) is 0 Å². The van der Waals surface area contributed by atoms with Gasteiger partial charge in [0.25, 0.3) is 0 Å². The van der Waals surface area contributed by atoms with Crippen LogP contribution in [-0.2, 0) is 4.79 Å². The predicted octanol–water partition coefficient (Wildman–Crippen LogP) is 0.331. The average Bonchev–Trinajstić information content (AvgIpc) is 1.99. The SMILES string of the molecule is CCC(N)CSC(C)C(N)=O. The summed E-state index contributed by atoms with van der Waals surface area (Å²) in [5.74, 6) is 0.541. The molecule has 0 aliphatic heterocycles. The highest BCUT2D eigenvalue weighted by molar-refractivity contribution is 8.00. The molecule has 0 aromatic carbocycles. The van der Waals surface area contributed by atoms with Crippen LogP contribution in [0.1, 0.15) is 20.3 Å². The minimum absolute atomic E-state index is 0.118. The minimum Gasteiger partial charge on any atom is -0.369 e. The summed E-state index contributed by atoms with van der Waals surface area (Å²) in [5, 5.41) is -0.118. The van der Waals surface area contributed by atoms with Crippen LogP contribution in [-0.4, -0.2) is 23.0 Å². The molecule has 0 spiro atoms. The lowest BCUT2D eigenvalue weighted by Crippen LogP contribution is -2.27. The summed E-state index contributed by atoms with van der Waals surface area (Å²) in [6, 6.07) is 0.182. The summed E-state index contributed by atoms with van der Waals surface area (Å²) in [6.07, 6.45) is 0.943. The van der Waals surface area contributed by atoms with Gasteiger partial charge in [-0.25, -0.2) is 0 Å². The van der Waals surface area contributed by atoms with E-state index >= 15 is 0 Å². The van der Waals surface area contributed by atoms with Crippen molar-refractivity contribution in [3.05, 3.63) is 0 Å². The number of hydrogen-bond acceptors (Lipinski definition) is 3. The number of amides is 1. The lowest BCUT2D eigenvalue weighted by Gasteiger charge is -2.10. The second-order valence-corrected chi connectivity index (χ2v) is 3.92. The van der Waals surface area contributed by atoms with Gasteiger partial charge in [0.05, 0.1) is 5.25 Å². The maximum atomic E-state index is 10.6. The van der Waals surface area contributed by atoms with E-state index in [-0.39, 0.29) is 17.2 Å². The summed E-state index contributed by atoms with van der Waals surface area (Å²) in [7, 11) is 0. The molecule has 1 amide bonds. The van der Waals surface area contributed by atoms with Gasteiger partial charge in [0.15, 0.2) is 0 Å². The third-order valence-electron chi connectivity index (χ3n) is 1.49. The van der Waals surface area contributed by atoms with Crippen LogP contribution in [0.5, 0.6) is 0 Å². The fourth-order valence-electron chi connectivity index (χ4n) is 0.468. The maximum Gasteiger partial charge on any atom is 0.230 e. The summed E-state index contributed by atoms with van der Waals surface area (Å²) in [5.41, 5.74) is 10.7. The molecule has 3 nitrogen and oxygen atoms in total. The molecule has 0 saturated heterocycles. The molecule has 0 aliphatic rings. The first-order chi connectivity index (χ1) is 5.07. The van der Waals surface area contributed by atoms with E-state index in [0.29, 0.717) is 0 Å². The van der Waals surface area contributed by atoms with Crippen molar-refractivity contribution >= 4 is 17.7 Å². The van der Waals surface area contributed by atoms with Crippen molar-refractivity contribution in [3.8, 4) is 0 Å². The van der Waals surface area contributed by atoms with E-state index in [1.165, 1.54) is 11.8 Å². The highest BCUT2D eigenvalue weighted by Gasteiger charge is 2.10. The molecule has 11 heavy (non-hydrogen) atoms. The zero-order chi connectivity index (χ0) is 8.85. The van der Waals surface area contributed by atoms with Crippen LogP contribution in [0.4, 0.5) is 0 Å². The Morgan fingerprint density at radius 3 is 2.55 bits per heavy atom. The van der Waals surface area contributed by atoms with E-state index in [1.807, 2.05) is 6.92 Å². The van der Waals surface area contributed by atoms with Crippen molar-refractivity contribution in [2.75, 3.05) is 5.75 Å². The molecule has 0 fully saturated rings. The molecule has 0 aromatic heterocycles. The van der Waals surface area contributed by atoms with Crippen LogP contribution in [0.2, 0.25) is 0 Å². The fourth-order valence-corrected chi connectivity index (χ4v) is 1.40. The first-order valence-electron chi connectivity index (χ1n) is 3.74. The number of nitrogens with two attached hydrogens (primary N) is 2. The second-order valence-electron chi connectivity index (χ2n) is 2.55. The Morgan fingerprint density at radius 1 is 1.64 bits per heavy atom. The third-order valence-corrected chi connectivity index (χ3v) is 2.84. The zero-order valence-electron chi connectivity index (χ0n) is 7.04. The summed E-state index contributed by atoms with van der Waals surface area (Å²) in [6.45, 7) is 3.83. The van der Waals surface area contributed by atoms with Gasteiger partial charge in [0.1, 0.15) is 0 Å². The molecular weight excluding hydrogens is 160 g/mol. The van der Waals surface area contributed by atoms with E-state index in [1.54, 1.807) is 6.92 Å². The van der Waals surface area contributed by atoms with Gasteiger partial charge in [-0.05, 0) is 13.3 Å². The standard InChI is InChI=1S/C7H16N2OS/c1-3-6(8)4-11-5(2)7(9)10/h5-6H,3-4,8H2,1-2H3,(H2,9,10). The number of thioether (sulfide) groups is 1. The van der Waals surface area contributed by atoms with Gasteiger partial charge in [-0.2, -0.15) is 0 Å². The molecule has 2 atom stereocenters. The molecule has 0 rings (SSSR count). The maximum absolute atomic E-state index is 10.6. The Labute approximate surface area is 71.9 Å². The Kier molecular flexibility index (Phi) is 5.32. The first kappa shape index (κ1) is 10.8. The van der Waals surface area contributed by atoms with Crippen LogP contribution in [0.3, 0.4) is 0 Å². The van der Waals surface area contributed by atoms with E-state index in [4.69, 9.17) is 11.5 Å². The van der Waals surface area contributed by atoms with Gasteiger partial charge in [-0.1, -0.05) is 6.92 Å². The van der Waals surface area contributed by atoms with Crippen molar-refractivity contribution in [3.63, 3.8) is 0 Å². The van der Waals surface area contributed by atoms with Crippen LogP contribution in [0.25, 0.3) is 0 Å². The van der Waals surface area contributed by atoms with Gasteiger partial charge >= 0.3 is 0 Å². The largest absolute Gasteiger partial charge is 0.369 e. The Balaban J connectivity index is 3.45. The molecule has 4 heteroatoms. The van der Waals surface area contributed by atoms with Crippen molar-refractivity contribution < 1.29 is 4.79 Å². The first-order valence-corrected chi connectivity index (χ1v) is 4.79. The van der Waals surface area contributed by atoms with Crippen molar-refractivity contribution in [1.29, 1.82) is 0 Å². The zero-order valence-corrected chi connectivity index (χ0v) is 7.86. The topological polar surface area (TPSA) is 69.1 Å². The van der Waals surface area contributed by atoms with Gasteiger partial charge in [-0.3, -0.25) is 4.79 Å². The highest BCUT2D eigenvalue weighted by Crippen LogP contribution is 2.11. The smallest absolute Gasteiger partial charge is 0.230 e. The Hall–Kier alpha value is -0.220. The molecule has 66 valence electrons. The number of carbonyl (C=O) groups excluding carboxylic acids is 1. The van der Waals surface area contributed by atoms with Crippen LogP contribution in [0, 0.1) is 0 Å². The van der Waals surface area contributed by atoms with E-state index in [2.05, 4.69) is 0 Å². The number of hydrogen-bond donors (Lipinski definition) is 2. The van der Waals surface area contributed by atoms with E-state index in [0.717, 1.165) is 12.2 Å². The lowest BCUT2D eigenvalue weighted by atomic mass is 10.3. The van der Waals surface area contributed by atoms with E-state index in [9.17, 15) is 4.79 Å². The van der Waals surface area contributed by atoms with Gasteiger partial charge < -0.3 is 11.5 Å². The molecular formula is C7H16N2OS. The number of rotatable bonds is 5. The van der Waals surface area contributed by atoms with Gasteiger partial charge in [0.2, 0.25) is 5.91 Å². The normalized spacial score (nSPS) is 15.9. The summed E-state index contributed by atoms with van der Waals surface area (Å²) >= 11 is 1.52. The van der Waals surface area contributed by atoms with Crippen molar-refractivity contribution in [2.24, 2.45) is 11.5 Å². The lowest BCUT2D eigenvalue weighted by molar-refractivity contribution is -0.117. The molecule has 0 saturated carbocycles. The fraction of sp³-hybridized carbons (Fsp3) is 0.857. The second kappa shape index (κ2) is 5.43. The highest BCUT2D eigenvalue weighted by atomic mass is 32.2. The number of primary amides is 1. The monoisotopic (exact) mass is 176 g/mol. The Morgan fingerprint density at radius 2 is 2.18 bits per heavy atom. The molecule has 0 radical (unpaired) electrons. The van der Waals surface area contributed by atoms with Gasteiger partial charge in [0, 0.05) is 11.8 Å². The molecule has 0 aromatic rings. The number of carbonyl (C=O) groups is 1. The van der Waals surface area contributed by atoms with E-state index < -0.39 is 0 Å². The Bertz CT molecular complexity index is 130. The summed E-state index contributed by atoms with van der Waals surface area (Å²) in [4.78, 5) is 10.6. The molecule has 4 N–H and O–H groups in total. The van der Waals surface area contributed by atoms with Gasteiger partial charge in [-0.15, -0.1) is 11.8 Å². The van der Waals surface area contributed by atoms with Crippen molar-refractivity contribution in [2.45, 2.75) is 31.6 Å². The minimum atomic E-state index is -0.265.